The minimum atomic E-state index is -0.888. The molecule has 0 saturated carbocycles. The third-order valence-corrected chi connectivity index (χ3v) is 3.44. The molecule has 0 unspecified atom stereocenters. The molecule has 0 bridgehead atoms. The predicted octanol–water partition coefficient (Wildman–Crippen LogP) is 1.68. The highest BCUT2D eigenvalue weighted by Gasteiger charge is 2.10. The molecule has 0 fully saturated rings. The van der Waals surface area contributed by atoms with E-state index in [0.29, 0.717) is 23.0 Å². The highest BCUT2D eigenvalue weighted by molar-refractivity contribution is 6.04. The molecule has 4 N–H and O–H groups in total. The van der Waals surface area contributed by atoms with Gasteiger partial charge in [-0.2, -0.15) is 0 Å². The van der Waals surface area contributed by atoms with Crippen molar-refractivity contribution in [3.63, 3.8) is 0 Å². The number of carboxylic acid groups (broad SMARTS) is 1. The average Bonchev–Trinajstić information content (AvgIpc) is 2.45. The molecule has 0 saturated heterocycles. The van der Waals surface area contributed by atoms with Gasteiger partial charge in [-0.1, -0.05) is 18.2 Å². The van der Waals surface area contributed by atoms with Gasteiger partial charge in [0, 0.05) is 17.2 Å². The number of nitrogens with two attached hydrogens (primary N) is 1. The average molecular weight is 283 g/mol. The monoisotopic (exact) mass is 283 g/mol. The Morgan fingerprint density at radius 2 is 1.95 bits per heavy atom. The molecule has 21 heavy (non-hydrogen) atoms. The summed E-state index contributed by atoms with van der Waals surface area (Å²) in [4.78, 5) is 29.6. The fraction of sp³-hybridized carbons (Fsp3) is 0.133. The number of anilines is 1. The number of pyridine rings is 2. The normalized spacial score (nSPS) is 11.0. The molecule has 6 nitrogen and oxygen atoms in total. The van der Waals surface area contributed by atoms with E-state index < -0.39 is 5.97 Å². The standard InChI is InChI=1S/C15H13N3O3/c16-13-8(5-6-12(19)20)7-11-9-3-1-2-4-10(9)15(21)18-14(11)17-13/h1-4,7H,5-6H2,(H,19,20)(H3,16,17,18,21). The summed E-state index contributed by atoms with van der Waals surface area (Å²) < 4.78 is 0. The summed E-state index contributed by atoms with van der Waals surface area (Å²) in [5.74, 6) is -0.643. The largest absolute Gasteiger partial charge is 0.481 e. The molecule has 106 valence electrons. The molecular weight excluding hydrogens is 270 g/mol. The zero-order valence-electron chi connectivity index (χ0n) is 11.1. The van der Waals surface area contributed by atoms with E-state index in [1.807, 2.05) is 12.1 Å². The van der Waals surface area contributed by atoms with Gasteiger partial charge in [-0.25, -0.2) is 4.98 Å². The Labute approximate surface area is 119 Å². The van der Waals surface area contributed by atoms with E-state index in [4.69, 9.17) is 10.8 Å². The Hall–Kier alpha value is -2.89. The Morgan fingerprint density at radius 1 is 1.24 bits per heavy atom. The number of H-pyrrole nitrogens is 1. The van der Waals surface area contributed by atoms with Gasteiger partial charge in [0.1, 0.15) is 11.5 Å². The summed E-state index contributed by atoms with van der Waals surface area (Å²) in [6.45, 7) is 0. The molecule has 2 aromatic heterocycles. The summed E-state index contributed by atoms with van der Waals surface area (Å²) in [5.41, 5.74) is 6.70. The lowest BCUT2D eigenvalue weighted by Crippen LogP contribution is -2.09. The van der Waals surface area contributed by atoms with Crippen LogP contribution in [0.2, 0.25) is 0 Å². The minimum Gasteiger partial charge on any atom is -0.481 e. The summed E-state index contributed by atoms with van der Waals surface area (Å²) >= 11 is 0. The van der Waals surface area contributed by atoms with E-state index in [1.165, 1.54) is 0 Å². The van der Waals surface area contributed by atoms with Crippen LogP contribution in [0.3, 0.4) is 0 Å². The summed E-state index contributed by atoms with van der Waals surface area (Å²) in [6.07, 6.45) is 0.288. The molecule has 0 amide bonds. The number of carbonyl (C=O) groups is 1. The molecule has 3 rings (SSSR count). The van der Waals surface area contributed by atoms with Gasteiger partial charge < -0.3 is 15.8 Å². The molecule has 0 aliphatic carbocycles. The Balaban J connectivity index is 2.28. The van der Waals surface area contributed by atoms with Gasteiger partial charge in [0.2, 0.25) is 0 Å². The second-order valence-corrected chi connectivity index (χ2v) is 4.82. The Bertz CT molecular complexity index is 915. The highest BCUT2D eigenvalue weighted by Crippen LogP contribution is 2.24. The van der Waals surface area contributed by atoms with Crippen molar-refractivity contribution >= 4 is 33.6 Å². The van der Waals surface area contributed by atoms with Gasteiger partial charge in [-0.3, -0.25) is 9.59 Å². The number of carboxylic acids is 1. The van der Waals surface area contributed by atoms with Crippen molar-refractivity contribution in [2.24, 2.45) is 0 Å². The quantitative estimate of drug-likeness (QED) is 0.633. The molecule has 0 atom stereocenters. The first kappa shape index (κ1) is 13.1. The van der Waals surface area contributed by atoms with E-state index in [1.54, 1.807) is 18.2 Å². The molecule has 0 aliphatic rings. The van der Waals surface area contributed by atoms with Crippen molar-refractivity contribution in [2.75, 3.05) is 5.73 Å². The number of aliphatic carboxylic acids is 1. The molecule has 2 heterocycles. The van der Waals surface area contributed by atoms with Gasteiger partial charge in [-0.05, 0) is 29.5 Å². The van der Waals surface area contributed by atoms with E-state index in [2.05, 4.69) is 9.97 Å². The predicted molar refractivity (Wildman–Crippen MR) is 80.2 cm³/mol. The SMILES string of the molecule is Nc1nc2[nH]c(=O)c3ccccc3c2cc1CCC(=O)O. The minimum absolute atomic E-state index is 0.0152. The zero-order chi connectivity index (χ0) is 15.0. The van der Waals surface area contributed by atoms with Gasteiger partial charge >= 0.3 is 5.97 Å². The van der Waals surface area contributed by atoms with Crippen molar-refractivity contribution < 1.29 is 9.90 Å². The molecule has 3 aromatic rings. The van der Waals surface area contributed by atoms with Crippen LogP contribution in [-0.2, 0) is 11.2 Å². The molecule has 1 aromatic carbocycles. The van der Waals surface area contributed by atoms with Crippen LogP contribution in [0.25, 0.3) is 21.8 Å². The smallest absolute Gasteiger partial charge is 0.303 e. The summed E-state index contributed by atoms with van der Waals surface area (Å²) in [6, 6.07) is 9.01. The fourth-order valence-electron chi connectivity index (χ4n) is 2.40. The van der Waals surface area contributed by atoms with Crippen LogP contribution in [0.4, 0.5) is 5.82 Å². The summed E-state index contributed by atoms with van der Waals surface area (Å²) in [7, 11) is 0. The zero-order valence-corrected chi connectivity index (χ0v) is 11.1. The molecule has 0 spiro atoms. The van der Waals surface area contributed by atoms with E-state index in [9.17, 15) is 9.59 Å². The number of hydrogen-bond acceptors (Lipinski definition) is 4. The molecule has 6 heteroatoms. The first-order valence-corrected chi connectivity index (χ1v) is 6.48. The van der Waals surface area contributed by atoms with Crippen molar-refractivity contribution in [1.82, 2.24) is 9.97 Å². The number of benzene rings is 1. The maximum absolute atomic E-state index is 12.0. The maximum atomic E-state index is 12.0. The Kier molecular flexibility index (Phi) is 3.06. The van der Waals surface area contributed by atoms with Crippen molar-refractivity contribution in [3.05, 3.63) is 46.2 Å². The van der Waals surface area contributed by atoms with Crippen LogP contribution in [-0.4, -0.2) is 21.0 Å². The van der Waals surface area contributed by atoms with Crippen LogP contribution < -0.4 is 11.3 Å². The third-order valence-electron chi connectivity index (χ3n) is 3.44. The number of hydrogen-bond donors (Lipinski definition) is 3. The van der Waals surface area contributed by atoms with E-state index in [-0.39, 0.29) is 17.8 Å². The van der Waals surface area contributed by atoms with Crippen LogP contribution in [0.5, 0.6) is 0 Å². The number of nitrogen functional groups attached to an aromatic ring is 1. The number of rotatable bonds is 3. The van der Waals surface area contributed by atoms with Crippen LogP contribution in [0.1, 0.15) is 12.0 Å². The van der Waals surface area contributed by atoms with Gasteiger partial charge in [-0.15, -0.1) is 0 Å². The topological polar surface area (TPSA) is 109 Å². The second-order valence-electron chi connectivity index (χ2n) is 4.82. The Morgan fingerprint density at radius 3 is 2.67 bits per heavy atom. The lowest BCUT2D eigenvalue weighted by Gasteiger charge is -2.08. The van der Waals surface area contributed by atoms with Crippen LogP contribution in [0.15, 0.2) is 35.1 Å². The lowest BCUT2D eigenvalue weighted by atomic mass is 10.0. The fourth-order valence-corrected chi connectivity index (χ4v) is 2.40. The van der Waals surface area contributed by atoms with E-state index in [0.717, 1.165) is 10.8 Å². The first-order chi connectivity index (χ1) is 10.1. The van der Waals surface area contributed by atoms with Crippen molar-refractivity contribution in [2.45, 2.75) is 12.8 Å². The van der Waals surface area contributed by atoms with Gasteiger partial charge in [0.05, 0.1) is 0 Å². The maximum Gasteiger partial charge on any atom is 0.303 e. The number of nitrogens with one attached hydrogen (secondary N) is 1. The summed E-state index contributed by atoms with van der Waals surface area (Å²) in [5, 5.41) is 10.9. The lowest BCUT2D eigenvalue weighted by molar-refractivity contribution is -0.136. The van der Waals surface area contributed by atoms with Gasteiger partial charge in [0.15, 0.2) is 0 Å². The number of aromatic amines is 1. The highest BCUT2D eigenvalue weighted by atomic mass is 16.4. The van der Waals surface area contributed by atoms with Crippen LogP contribution >= 0.6 is 0 Å². The van der Waals surface area contributed by atoms with Gasteiger partial charge in [0.25, 0.3) is 5.56 Å². The number of aryl methyl sites for hydroxylation is 1. The third kappa shape index (κ3) is 2.31. The second kappa shape index (κ2) is 4.90. The number of nitrogens with zero attached hydrogens (tertiary/aromatic N) is 1. The number of fused-ring (bicyclic) bond motifs is 3. The van der Waals surface area contributed by atoms with Crippen LogP contribution in [0, 0.1) is 0 Å². The first-order valence-electron chi connectivity index (χ1n) is 6.48. The van der Waals surface area contributed by atoms with E-state index >= 15 is 0 Å². The molecule has 0 aliphatic heterocycles. The molecular formula is C15H13N3O3. The van der Waals surface area contributed by atoms with Crippen molar-refractivity contribution in [1.29, 1.82) is 0 Å². The van der Waals surface area contributed by atoms with Crippen molar-refractivity contribution in [3.8, 4) is 0 Å². The molecule has 0 radical (unpaired) electrons. The number of aromatic nitrogens is 2.